The van der Waals surface area contributed by atoms with E-state index in [0.29, 0.717) is 23.6 Å². The molecule has 3 amide bonds. The van der Waals surface area contributed by atoms with Crippen molar-refractivity contribution in [3.63, 3.8) is 0 Å². The number of aliphatic hydroxyl groups is 1. The minimum Gasteiger partial charge on any atom is -0.395 e. The van der Waals surface area contributed by atoms with Crippen LogP contribution >= 0.6 is 11.8 Å². The molecule has 198 valence electrons. The monoisotopic (exact) mass is 548 g/mol. The molecule has 4 heterocycles. The van der Waals surface area contributed by atoms with Gasteiger partial charge in [-0.3, -0.25) is 14.4 Å². The fourth-order valence-electron chi connectivity index (χ4n) is 4.20. The summed E-state index contributed by atoms with van der Waals surface area (Å²) in [6, 6.07) is -0.528. The van der Waals surface area contributed by atoms with Crippen molar-refractivity contribution in [2.45, 2.75) is 43.8 Å². The Labute approximate surface area is 218 Å². The quantitative estimate of drug-likeness (QED) is 0.383. The van der Waals surface area contributed by atoms with E-state index in [4.69, 9.17) is 5.11 Å². The van der Waals surface area contributed by atoms with Crippen LogP contribution in [0.5, 0.6) is 0 Å². The SMILES string of the molecule is Cn1cc(CN2C(=O)C3C=C(S(=O)(=O)NC4(C)CC4)SC3N(Cc3cnc(NCCO)nc3)C2=O)cn1. The standard InChI is InChI=1S/C22H28N8O5S2/c1-22(3-4-22)27-37(34,35)17-7-16-18(32)29(13-15-10-26-28(2)11-15)21(33)30(19(16)36-17)12-14-8-24-20(25-9-14)23-5-6-31/h7-11,16,19,27,31H,3-6,12-13H2,1-2H3,(H,23,24,25). The first-order valence-corrected chi connectivity index (χ1v) is 14.1. The number of amides is 3. The number of nitrogens with one attached hydrogen (secondary N) is 2. The third-order valence-electron chi connectivity index (χ3n) is 6.39. The number of hydrogen-bond acceptors (Lipinski definition) is 10. The Hall–Kier alpha value is -3.01. The van der Waals surface area contributed by atoms with Crippen LogP contribution in [0, 0.1) is 5.92 Å². The Balaban J connectivity index is 1.42. The van der Waals surface area contributed by atoms with Gasteiger partial charge in [-0.15, -0.1) is 0 Å². The highest BCUT2D eigenvalue weighted by Crippen LogP contribution is 2.46. The normalized spacial score (nSPS) is 22.7. The number of imide groups is 1. The molecule has 2 aliphatic heterocycles. The van der Waals surface area contributed by atoms with Crippen molar-refractivity contribution in [2.24, 2.45) is 13.0 Å². The van der Waals surface area contributed by atoms with E-state index in [2.05, 4.69) is 25.1 Å². The number of thioether (sulfide) groups is 1. The van der Waals surface area contributed by atoms with Crippen molar-refractivity contribution in [2.75, 3.05) is 18.5 Å². The molecule has 37 heavy (non-hydrogen) atoms. The molecule has 3 aliphatic rings. The zero-order chi connectivity index (χ0) is 26.4. The number of rotatable bonds is 10. The van der Waals surface area contributed by atoms with Crippen molar-refractivity contribution in [1.29, 1.82) is 0 Å². The Morgan fingerprint density at radius 2 is 1.89 bits per heavy atom. The fraction of sp³-hybridized carbons (Fsp3) is 0.500. The van der Waals surface area contributed by atoms with Gasteiger partial charge >= 0.3 is 6.03 Å². The first-order valence-electron chi connectivity index (χ1n) is 11.8. The maximum Gasteiger partial charge on any atom is 0.328 e. The van der Waals surface area contributed by atoms with E-state index in [0.717, 1.165) is 29.5 Å². The predicted octanol–water partition coefficient (Wildman–Crippen LogP) is 0.581. The molecule has 15 heteroatoms. The van der Waals surface area contributed by atoms with Crippen LogP contribution < -0.4 is 10.0 Å². The van der Waals surface area contributed by atoms with E-state index in [-0.39, 0.29) is 23.9 Å². The first-order chi connectivity index (χ1) is 17.6. The molecule has 1 aliphatic carbocycles. The summed E-state index contributed by atoms with van der Waals surface area (Å²) in [7, 11) is -2.10. The number of carbonyl (C=O) groups is 2. The summed E-state index contributed by atoms with van der Waals surface area (Å²) in [6.45, 7) is 2.17. The summed E-state index contributed by atoms with van der Waals surface area (Å²) in [5, 5.41) is 15.2. The second kappa shape index (κ2) is 9.70. The zero-order valence-corrected chi connectivity index (χ0v) is 22.0. The molecule has 0 spiro atoms. The lowest BCUT2D eigenvalue weighted by atomic mass is 10.0. The van der Waals surface area contributed by atoms with Crippen LogP contribution in [0.2, 0.25) is 0 Å². The van der Waals surface area contributed by atoms with Crippen LogP contribution in [-0.2, 0) is 35.0 Å². The summed E-state index contributed by atoms with van der Waals surface area (Å²) in [4.78, 5) is 38.1. The molecule has 0 aromatic carbocycles. The number of aromatic nitrogens is 4. The van der Waals surface area contributed by atoms with Crippen molar-refractivity contribution in [3.8, 4) is 0 Å². The van der Waals surface area contributed by atoms with Crippen LogP contribution in [0.15, 0.2) is 35.1 Å². The molecule has 0 radical (unpaired) electrons. The topological polar surface area (TPSA) is 163 Å². The Bertz CT molecular complexity index is 1340. The molecular weight excluding hydrogens is 520 g/mol. The maximum atomic E-state index is 13.6. The molecule has 2 fully saturated rings. The predicted molar refractivity (Wildman–Crippen MR) is 135 cm³/mol. The van der Waals surface area contributed by atoms with Gasteiger partial charge < -0.3 is 15.3 Å². The molecule has 2 aromatic rings. The highest BCUT2D eigenvalue weighted by Gasteiger charge is 2.52. The Kier molecular flexibility index (Phi) is 6.72. The molecule has 2 atom stereocenters. The number of carbonyl (C=O) groups excluding carboxylic acids is 2. The van der Waals surface area contributed by atoms with Crippen LogP contribution in [-0.4, -0.2) is 79.1 Å². The van der Waals surface area contributed by atoms with Crippen LogP contribution in [0.3, 0.4) is 0 Å². The van der Waals surface area contributed by atoms with Crippen LogP contribution in [0.1, 0.15) is 30.9 Å². The van der Waals surface area contributed by atoms with Crippen molar-refractivity contribution < 1.29 is 23.1 Å². The summed E-state index contributed by atoms with van der Waals surface area (Å²) < 4.78 is 30.6. The number of sulfonamides is 1. The Morgan fingerprint density at radius 3 is 2.51 bits per heavy atom. The van der Waals surface area contributed by atoms with Crippen molar-refractivity contribution in [3.05, 3.63) is 46.2 Å². The van der Waals surface area contributed by atoms with Gasteiger partial charge in [0.25, 0.3) is 0 Å². The zero-order valence-electron chi connectivity index (χ0n) is 20.4. The molecule has 13 nitrogen and oxygen atoms in total. The third kappa shape index (κ3) is 5.35. The van der Waals surface area contributed by atoms with Gasteiger partial charge in [-0.05, 0) is 25.8 Å². The Morgan fingerprint density at radius 1 is 1.16 bits per heavy atom. The number of aryl methyl sites for hydroxylation is 1. The van der Waals surface area contributed by atoms with Gasteiger partial charge in [0.2, 0.25) is 21.9 Å². The number of anilines is 1. The largest absolute Gasteiger partial charge is 0.395 e. The lowest BCUT2D eigenvalue weighted by molar-refractivity contribution is -0.135. The molecule has 2 aromatic heterocycles. The van der Waals surface area contributed by atoms with Gasteiger partial charge in [0.15, 0.2) is 0 Å². The molecule has 2 unspecified atom stereocenters. The fourth-order valence-corrected chi connectivity index (χ4v) is 7.50. The minimum atomic E-state index is -3.84. The lowest BCUT2D eigenvalue weighted by Gasteiger charge is -2.41. The van der Waals surface area contributed by atoms with Crippen molar-refractivity contribution >= 4 is 39.7 Å². The number of hydrogen-bond donors (Lipinski definition) is 3. The van der Waals surface area contributed by atoms with E-state index in [1.807, 2.05) is 6.92 Å². The lowest BCUT2D eigenvalue weighted by Crippen LogP contribution is -2.58. The van der Waals surface area contributed by atoms with E-state index in [9.17, 15) is 18.0 Å². The van der Waals surface area contributed by atoms with Gasteiger partial charge in [0.05, 0.1) is 31.8 Å². The number of nitrogens with zero attached hydrogens (tertiary/aromatic N) is 6. The smallest absolute Gasteiger partial charge is 0.328 e. The molecule has 5 rings (SSSR count). The highest BCUT2D eigenvalue weighted by atomic mass is 32.3. The average molecular weight is 549 g/mol. The van der Waals surface area contributed by atoms with E-state index >= 15 is 0 Å². The second-order valence-electron chi connectivity index (χ2n) is 9.61. The summed E-state index contributed by atoms with van der Waals surface area (Å²) >= 11 is 1.00. The second-order valence-corrected chi connectivity index (χ2v) is 12.7. The molecule has 1 saturated carbocycles. The summed E-state index contributed by atoms with van der Waals surface area (Å²) in [5.41, 5.74) is 0.817. The number of fused-ring (bicyclic) bond motifs is 1. The number of aliphatic hydroxyl groups excluding tert-OH is 1. The van der Waals surface area contributed by atoms with Crippen LogP contribution in [0.4, 0.5) is 10.7 Å². The van der Waals surface area contributed by atoms with E-state index in [1.165, 1.54) is 11.0 Å². The van der Waals surface area contributed by atoms with Gasteiger partial charge in [-0.1, -0.05) is 11.8 Å². The minimum absolute atomic E-state index is 0.0165. The first kappa shape index (κ1) is 25.6. The molecule has 3 N–H and O–H groups in total. The van der Waals surface area contributed by atoms with Gasteiger partial charge in [0, 0.05) is 48.8 Å². The van der Waals surface area contributed by atoms with Crippen molar-refractivity contribution in [1.82, 2.24) is 34.3 Å². The molecule has 0 bridgehead atoms. The van der Waals surface area contributed by atoms with Gasteiger partial charge in [-0.25, -0.2) is 27.9 Å². The third-order valence-corrected chi connectivity index (χ3v) is 9.92. The highest BCUT2D eigenvalue weighted by molar-refractivity contribution is 8.18. The molecule has 1 saturated heterocycles. The van der Waals surface area contributed by atoms with E-state index < -0.39 is 38.8 Å². The summed E-state index contributed by atoms with van der Waals surface area (Å²) in [6.07, 6.45) is 9.37. The van der Waals surface area contributed by atoms with Gasteiger partial charge in [-0.2, -0.15) is 5.10 Å². The summed E-state index contributed by atoms with van der Waals surface area (Å²) in [5.74, 6) is -0.950. The molecular formula is C22H28N8O5S2. The number of urea groups is 1. The van der Waals surface area contributed by atoms with Crippen LogP contribution in [0.25, 0.3) is 0 Å². The van der Waals surface area contributed by atoms with E-state index in [1.54, 1.807) is 36.5 Å². The maximum absolute atomic E-state index is 13.6. The van der Waals surface area contributed by atoms with Gasteiger partial charge in [0.1, 0.15) is 9.61 Å². The average Bonchev–Trinajstić information content (AvgIpc) is 3.21.